The molecule has 2 fully saturated rings. The quantitative estimate of drug-likeness (QED) is 0.637. The van der Waals surface area contributed by atoms with Gasteiger partial charge in [-0.05, 0) is 52.5 Å². The Balaban J connectivity index is 1.57. The van der Waals surface area contributed by atoms with Crippen molar-refractivity contribution in [2.24, 2.45) is 5.92 Å². The summed E-state index contributed by atoms with van der Waals surface area (Å²) in [6.07, 6.45) is 5.65. The Labute approximate surface area is 193 Å². The number of carbonyl (C=O) groups excluding carboxylic acids is 1. The van der Waals surface area contributed by atoms with Crippen LogP contribution in [0.5, 0.6) is 0 Å². The van der Waals surface area contributed by atoms with Crippen LogP contribution in [-0.4, -0.2) is 60.6 Å². The van der Waals surface area contributed by atoms with Crippen molar-refractivity contribution >= 4 is 22.8 Å². The molecule has 3 aromatic heterocycles. The van der Waals surface area contributed by atoms with E-state index in [-0.39, 0.29) is 24.0 Å². The maximum Gasteiger partial charge on any atom is 0.232 e. The van der Waals surface area contributed by atoms with Crippen LogP contribution in [0.1, 0.15) is 51.0 Å². The number of hydrogen-bond donors (Lipinski definition) is 1. The molecule has 3 aromatic rings. The Bertz CT molecular complexity index is 1180. The molecule has 5 rings (SSSR count). The number of nitrogen functional groups attached to an aromatic ring is 1. The van der Waals surface area contributed by atoms with E-state index in [1.54, 1.807) is 12.4 Å². The Morgan fingerprint density at radius 2 is 1.85 bits per heavy atom. The van der Waals surface area contributed by atoms with Crippen LogP contribution in [0.4, 0.5) is 5.69 Å². The first kappa shape index (κ1) is 21.8. The molecule has 1 saturated carbocycles. The van der Waals surface area contributed by atoms with Crippen LogP contribution in [0, 0.1) is 12.8 Å². The molecule has 2 aliphatic rings. The SMILES string of the molecule is CCn1c(-c2cnc(C)nc2)nc2c(N)cc([C@H](C(=O)N3C[C@@H](C)O[C@@H](C)C3)C3CC3)nc21. The van der Waals surface area contributed by atoms with Gasteiger partial charge in [-0.15, -0.1) is 0 Å². The highest BCUT2D eigenvalue weighted by atomic mass is 16.5. The van der Waals surface area contributed by atoms with Crippen molar-refractivity contribution in [2.75, 3.05) is 18.8 Å². The third kappa shape index (κ3) is 4.06. The molecule has 0 aromatic carbocycles. The molecule has 0 bridgehead atoms. The molecule has 174 valence electrons. The molecule has 0 spiro atoms. The minimum atomic E-state index is -0.291. The molecule has 33 heavy (non-hydrogen) atoms. The van der Waals surface area contributed by atoms with E-state index in [0.29, 0.717) is 48.2 Å². The second kappa shape index (κ2) is 8.37. The van der Waals surface area contributed by atoms with Gasteiger partial charge in [0.2, 0.25) is 5.91 Å². The van der Waals surface area contributed by atoms with Crippen molar-refractivity contribution in [3.8, 4) is 11.4 Å². The number of amides is 1. The summed E-state index contributed by atoms with van der Waals surface area (Å²) in [5, 5.41) is 0. The van der Waals surface area contributed by atoms with Crippen molar-refractivity contribution in [2.45, 2.75) is 65.2 Å². The predicted molar refractivity (Wildman–Crippen MR) is 125 cm³/mol. The maximum absolute atomic E-state index is 13.7. The number of carbonyl (C=O) groups is 1. The summed E-state index contributed by atoms with van der Waals surface area (Å²) in [7, 11) is 0. The average molecular weight is 450 g/mol. The number of hydrogen-bond acceptors (Lipinski definition) is 7. The molecular formula is C24H31N7O2. The fourth-order valence-electron chi connectivity index (χ4n) is 4.87. The molecule has 1 amide bonds. The first-order valence-electron chi connectivity index (χ1n) is 11.8. The zero-order valence-electron chi connectivity index (χ0n) is 19.7. The maximum atomic E-state index is 13.7. The van der Waals surface area contributed by atoms with E-state index in [0.717, 1.165) is 29.9 Å². The van der Waals surface area contributed by atoms with Gasteiger partial charge in [0, 0.05) is 32.0 Å². The highest BCUT2D eigenvalue weighted by Crippen LogP contribution is 2.44. The first-order chi connectivity index (χ1) is 15.9. The zero-order valence-corrected chi connectivity index (χ0v) is 19.7. The van der Waals surface area contributed by atoms with Crippen molar-refractivity contribution < 1.29 is 9.53 Å². The molecule has 1 saturated heterocycles. The highest BCUT2D eigenvalue weighted by molar-refractivity contribution is 5.90. The molecule has 2 N–H and O–H groups in total. The highest BCUT2D eigenvalue weighted by Gasteiger charge is 2.42. The summed E-state index contributed by atoms with van der Waals surface area (Å²) in [5.41, 5.74) is 9.92. The standard InChI is InChI=1S/C24H31N7O2/c1-5-31-22(17-9-26-15(4)27-10-17)29-21-18(25)8-19(28-23(21)31)20(16-6-7-16)24(32)30-11-13(2)33-14(3)12-30/h8-10,13-14,16,20H,5-7,11-12H2,1-4H3,(H2,25,28)/t13-,14+,20-/m1/s1. The topological polar surface area (TPSA) is 112 Å². The van der Waals surface area contributed by atoms with Gasteiger partial charge in [0.1, 0.15) is 17.2 Å². The summed E-state index contributed by atoms with van der Waals surface area (Å²) in [4.78, 5) is 34.0. The molecule has 3 atom stereocenters. The number of ether oxygens (including phenoxy) is 1. The number of morpholine rings is 1. The predicted octanol–water partition coefficient (Wildman–Crippen LogP) is 2.93. The number of aromatic nitrogens is 5. The summed E-state index contributed by atoms with van der Waals surface area (Å²) in [6.45, 7) is 9.80. The minimum Gasteiger partial charge on any atom is -0.397 e. The molecule has 1 aliphatic carbocycles. The van der Waals surface area contributed by atoms with Crippen LogP contribution in [0.15, 0.2) is 18.5 Å². The third-order valence-corrected chi connectivity index (χ3v) is 6.52. The Hall–Kier alpha value is -3.07. The van der Waals surface area contributed by atoms with Gasteiger partial charge < -0.3 is 19.9 Å². The summed E-state index contributed by atoms with van der Waals surface area (Å²) >= 11 is 0. The Kier molecular flexibility index (Phi) is 5.52. The second-order valence-electron chi connectivity index (χ2n) is 9.32. The molecule has 9 nitrogen and oxygen atoms in total. The van der Waals surface area contributed by atoms with Crippen LogP contribution in [0.3, 0.4) is 0 Å². The van der Waals surface area contributed by atoms with Crippen molar-refractivity contribution in [1.82, 2.24) is 29.4 Å². The summed E-state index contributed by atoms with van der Waals surface area (Å²) in [5.74, 6) is 1.57. The summed E-state index contributed by atoms with van der Waals surface area (Å²) < 4.78 is 7.86. The number of fused-ring (bicyclic) bond motifs is 1. The monoisotopic (exact) mass is 449 g/mol. The van der Waals surface area contributed by atoms with Gasteiger partial charge in [0.25, 0.3) is 0 Å². The number of pyridine rings is 1. The normalized spacial score (nSPS) is 22.0. The molecule has 4 heterocycles. The van der Waals surface area contributed by atoms with E-state index in [9.17, 15) is 4.79 Å². The fraction of sp³-hybridized carbons (Fsp3) is 0.542. The second-order valence-corrected chi connectivity index (χ2v) is 9.32. The molecule has 9 heteroatoms. The molecule has 1 aliphatic heterocycles. The van der Waals surface area contributed by atoms with Gasteiger partial charge in [0.15, 0.2) is 5.65 Å². The van der Waals surface area contributed by atoms with Crippen LogP contribution in [0.2, 0.25) is 0 Å². The number of aryl methyl sites for hydroxylation is 2. The van der Waals surface area contributed by atoms with E-state index in [2.05, 4.69) is 9.97 Å². The lowest BCUT2D eigenvalue weighted by molar-refractivity contribution is -0.145. The van der Waals surface area contributed by atoms with Gasteiger partial charge in [-0.2, -0.15) is 0 Å². The lowest BCUT2D eigenvalue weighted by Gasteiger charge is -2.37. The van der Waals surface area contributed by atoms with Crippen LogP contribution in [0.25, 0.3) is 22.6 Å². The lowest BCUT2D eigenvalue weighted by Crippen LogP contribution is -2.50. The first-order valence-corrected chi connectivity index (χ1v) is 11.8. The fourth-order valence-corrected chi connectivity index (χ4v) is 4.87. The number of imidazole rings is 1. The zero-order chi connectivity index (χ0) is 23.3. The smallest absolute Gasteiger partial charge is 0.232 e. The number of nitrogens with zero attached hydrogens (tertiary/aromatic N) is 6. The summed E-state index contributed by atoms with van der Waals surface area (Å²) in [6, 6.07) is 1.85. The number of rotatable bonds is 5. The van der Waals surface area contributed by atoms with Gasteiger partial charge >= 0.3 is 0 Å². The van der Waals surface area contributed by atoms with Crippen LogP contribution >= 0.6 is 0 Å². The van der Waals surface area contributed by atoms with Crippen LogP contribution < -0.4 is 5.73 Å². The molecule has 0 unspecified atom stereocenters. The van der Waals surface area contributed by atoms with Gasteiger partial charge in [-0.3, -0.25) is 4.79 Å². The van der Waals surface area contributed by atoms with E-state index in [1.807, 2.05) is 43.2 Å². The molecular weight excluding hydrogens is 418 g/mol. The average Bonchev–Trinajstić information content (AvgIpc) is 3.53. The van der Waals surface area contributed by atoms with E-state index >= 15 is 0 Å². The van der Waals surface area contributed by atoms with Gasteiger partial charge in [0.05, 0.1) is 35.1 Å². The van der Waals surface area contributed by atoms with E-state index < -0.39 is 0 Å². The van der Waals surface area contributed by atoms with Crippen molar-refractivity contribution in [3.63, 3.8) is 0 Å². The largest absolute Gasteiger partial charge is 0.397 e. The minimum absolute atomic E-state index is 0.0267. The van der Waals surface area contributed by atoms with E-state index in [4.69, 9.17) is 20.4 Å². The van der Waals surface area contributed by atoms with Gasteiger partial charge in [-0.1, -0.05) is 0 Å². The van der Waals surface area contributed by atoms with Gasteiger partial charge in [-0.25, -0.2) is 19.9 Å². The lowest BCUT2D eigenvalue weighted by atomic mass is 9.96. The Morgan fingerprint density at radius 1 is 1.18 bits per heavy atom. The van der Waals surface area contributed by atoms with Crippen LogP contribution in [-0.2, 0) is 16.1 Å². The number of anilines is 1. The van der Waals surface area contributed by atoms with E-state index in [1.165, 1.54) is 0 Å². The molecule has 0 radical (unpaired) electrons. The Morgan fingerprint density at radius 3 is 2.45 bits per heavy atom. The van der Waals surface area contributed by atoms with Crippen molar-refractivity contribution in [1.29, 1.82) is 0 Å². The third-order valence-electron chi connectivity index (χ3n) is 6.52. The van der Waals surface area contributed by atoms with Crippen molar-refractivity contribution in [3.05, 3.63) is 30.0 Å². The number of nitrogens with two attached hydrogens (primary N) is 1.